The van der Waals surface area contributed by atoms with E-state index in [1.165, 1.54) is 35.1 Å². The number of benzene rings is 2. The number of hydrogen-bond donors (Lipinski definition) is 1. The highest BCUT2D eigenvalue weighted by Gasteiger charge is 2.34. The lowest BCUT2D eigenvalue weighted by molar-refractivity contribution is 0.231. The van der Waals surface area contributed by atoms with Gasteiger partial charge in [-0.05, 0) is 41.2 Å². The fourth-order valence-electron chi connectivity index (χ4n) is 3.52. The van der Waals surface area contributed by atoms with Gasteiger partial charge in [0.05, 0.1) is 12.9 Å². The van der Waals surface area contributed by atoms with Crippen LogP contribution in [-0.2, 0) is 4.74 Å². The van der Waals surface area contributed by atoms with E-state index in [1.807, 2.05) is 6.08 Å². The van der Waals surface area contributed by atoms with Crippen LogP contribution in [0, 0.1) is 5.41 Å². The third kappa shape index (κ3) is 4.58. The second-order valence-corrected chi connectivity index (χ2v) is 7.51. The quantitative estimate of drug-likeness (QED) is 0.732. The zero-order valence-electron chi connectivity index (χ0n) is 16.3. The summed E-state index contributed by atoms with van der Waals surface area (Å²) in [6.45, 7) is 5.37. The predicted molar refractivity (Wildman–Crippen MR) is 115 cm³/mol. The van der Waals surface area contributed by atoms with Gasteiger partial charge in [0.1, 0.15) is 0 Å². The Labute approximate surface area is 163 Å². The topological polar surface area (TPSA) is 35.2 Å². The number of ether oxygens (including phenoxy) is 1. The van der Waals surface area contributed by atoms with Crippen LogP contribution < -0.4 is 5.73 Å². The van der Waals surface area contributed by atoms with E-state index < -0.39 is 0 Å². The summed E-state index contributed by atoms with van der Waals surface area (Å²) in [7, 11) is 0. The summed E-state index contributed by atoms with van der Waals surface area (Å²) in [5.41, 5.74) is 11.4. The lowest BCUT2D eigenvalue weighted by atomic mass is 9.69. The number of nitrogens with two attached hydrogens (primary N) is 1. The van der Waals surface area contributed by atoms with Gasteiger partial charge in [-0.2, -0.15) is 0 Å². The molecule has 0 saturated carbocycles. The average molecular weight is 360 g/mol. The molecule has 0 aromatic heterocycles. The second kappa shape index (κ2) is 8.88. The molecule has 0 amide bonds. The fourth-order valence-corrected chi connectivity index (χ4v) is 3.52. The lowest BCUT2D eigenvalue weighted by Gasteiger charge is -2.37. The summed E-state index contributed by atoms with van der Waals surface area (Å²) >= 11 is 0. The number of hydrogen-bond acceptors (Lipinski definition) is 2. The average Bonchev–Trinajstić information content (AvgIpc) is 2.73. The number of allylic oxidation sites excluding steroid dienone is 3. The van der Waals surface area contributed by atoms with E-state index in [4.69, 9.17) is 10.5 Å². The van der Waals surface area contributed by atoms with Crippen molar-refractivity contribution >= 4 is 11.1 Å². The zero-order valence-corrected chi connectivity index (χ0v) is 16.3. The van der Waals surface area contributed by atoms with Gasteiger partial charge in [-0.1, -0.05) is 86.7 Å². The van der Waals surface area contributed by atoms with Crippen LogP contribution in [0.3, 0.4) is 0 Å². The van der Waals surface area contributed by atoms with E-state index in [9.17, 15) is 0 Å². The van der Waals surface area contributed by atoms with Gasteiger partial charge in [-0.3, -0.25) is 0 Å². The van der Waals surface area contributed by atoms with Crippen LogP contribution in [0.2, 0.25) is 0 Å². The maximum atomic E-state index is 6.36. The first-order chi connectivity index (χ1) is 13.1. The maximum Gasteiger partial charge on any atom is 0.0876 e. The summed E-state index contributed by atoms with van der Waals surface area (Å²) in [6.07, 6.45) is 10.5. The first-order valence-electron chi connectivity index (χ1n) is 9.66. The zero-order chi connectivity index (χ0) is 19.1. The van der Waals surface area contributed by atoms with Crippen LogP contribution in [0.5, 0.6) is 0 Å². The molecule has 0 radical (unpaired) electrons. The first-order valence-corrected chi connectivity index (χ1v) is 9.66. The summed E-state index contributed by atoms with van der Waals surface area (Å²) in [6, 6.07) is 21.1. The van der Waals surface area contributed by atoms with Crippen LogP contribution in [0.15, 0.2) is 85.2 Å². The Morgan fingerprint density at radius 1 is 0.926 bits per heavy atom. The molecular formula is C25H29NO. The molecule has 0 saturated heterocycles. The molecular weight excluding hydrogens is 330 g/mol. The predicted octanol–water partition coefficient (Wildman–Crippen LogP) is 5.83. The van der Waals surface area contributed by atoms with Gasteiger partial charge >= 0.3 is 0 Å². The highest BCUT2D eigenvalue weighted by atomic mass is 16.5. The Morgan fingerprint density at radius 2 is 1.56 bits per heavy atom. The Balaban J connectivity index is 0.000000299. The summed E-state index contributed by atoms with van der Waals surface area (Å²) < 4.78 is 4.89. The van der Waals surface area contributed by atoms with E-state index >= 15 is 0 Å². The second-order valence-electron chi connectivity index (χ2n) is 7.51. The lowest BCUT2D eigenvalue weighted by Crippen LogP contribution is -2.38. The Bertz CT molecular complexity index is 808. The van der Waals surface area contributed by atoms with E-state index in [1.54, 1.807) is 6.26 Å². The first kappa shape index (κ1) is 19.2. The highest BCUT2D eigenvalue weighted by molar-refractivity contribution is 5.99. The van der Waals surface area contributed by atoms with E-state index in [-0.39, 0.29) is 11.5 Å². The van der Waals surface area contributed by atoms with Crippen molar-refractivity contribution in [3.63, 3.8) is 0 Å². The normalized spacial score (nSPS) is 20.5. The molecule has 2 aliphatic rings. The van der Waals surface area contributed by atoms with Crippen LogP contribution in [0.4, 0.5) is 0 Å². The SMILES string of the molecule is C1=COCCC1.CC1(C)C(c2ccccc2)=C(c2ccccc2)C=CC1N. The Kier molecular flexibility index (Phi) is 6.31. The van der Waals surface area contributed by atoms with Crippen LogP contribution in [-0.4, -0.2) is 12.6 Å². The van der Waals surface area contributed by atoms with Crippen molar-refractivity contribution < 1.29 is 4.74 Å². The molecule has 2 nitrogen and oxygen atoms in total. The van der Waals surface area contributed by atoms with Crippen molar-refractivity contribution in [3.8, 4) is 0 Å². The molecule has 4 rings (SSSR count). The van der Waals surface area contributed by atoms with Gasteiger partial charge in [-0.15, -0.1) is 0 Å². The minimum atomic E-state index is -0.0960. The fraction of sp³-hybridized carbons (Fsp3) is 0.280. The Hall–Kier alpha value is -2.58. The van der Waals surface area contributed by atoms with Crippen molar-refractivity contribution in [3.05, 3.63) is 96.3 Å². The third-order valence-corrected chi connectivity index (χ3v) is 5.19. The molecule has 1 aliphatic carbocycles. The molecule has 1 aliphatic heterocycles. The molecule has 0 spiro atoms. The molecule has 1 atom stereocenters. The van der Waals surface area contributed by atoms with E-state index in [0.29, 0.717) is 0 Å². The summed E-state index contributed by atoms with van der Waals surface area (Å²) in [4.78, 5) is 0. The van der Waals surface area contributed by atoms with Crippen molar-refractivity contribution in [2.24, 2.45) is 11.1 Å². The maximum absolute atomic E-state index is 6.36. The molecule has 27 heavy (non-hydrogen) atoms. The molecule has 2 aromatic carbocycles. The summed E-state index contributed by atoms with van der Waals surface area (Å²) in [5, 5.41) is 0. The third-order valence-electron chi connectivity index (χ3n) is 5.19. The van der Waals surface area contributed by atoms with Crippen LogP contribution >= 0.6 is 0 Å². The molecule has 1 heterocycles. The van der Waals surface area contributed by atoms with Crippen LogP contribution in [0.1, 0.15) is 37.8 Å². The molecule has 0 fully saturated rings. The van der Waals surface area contributed by atoms with Gasteiger partial charge in [0.15, 0.2) is 0 Å². The van der Waals surface area contributed by atoms with Crippen molar-refractivity contribution in [1.29, 1.82) is 0 Å². The van der Waals surface area contributed by atoms with Crippen LogP contribution in [0.25, 0.3) is 11.1 Å². The van der Waals surface area contributed by atoms with Crippen molar-refractivity contribution in [1.82, 2.24) is 0 Å². The van der Waals surface area contributed by atoms with Crippen molar-refractivity contribution in [2.45, 2.75) is 32.7 Å². The van der Waals surface area contributed by atoms with Gasteiger partial charge in [0.2, 0.25) is 0 Å². The molecule has 2 aromatic rings. The molecule has 140 valence electrons. The van der Waals surface area contributed by atoms with E-state index in [2.05, 4.69) is 86.7 Å². The Morgan fingerprint density at radius 3 is 2.04 bits per heavy atom. The van der Waals surface area contributed by atoms with Gasteiger partial charge in [0, 0.05) is 11.5 Å². The highest BCUT2D eigenvalue weighted by Crippen LogP contribution is 2.45. The standard InChI is InChI=1S/C20H21N.C5H8O/c1-20(2)18(21)14-13-17(15-9-5-3-6-10-15)19(20)16-11-7-4-8-12-16;1-2-4-6-5-3-1/h3-14,18H,21H2,1-2H3;2,4H,1,3,5H2. The monoisotopic (exact) mass is 359 g/mol. The summed E-state index contributed by atoms with van der Waals surface area (Å²) in [5.74, 6) is 0. The van der Waals surface area contributed by atoms with Crippen molar-refractivity contribution in [2.75, 3.05) is 6.61 Å². The molecule has 2 N–H and O–H groups in total. The van der Waals surface area contributed by atoms with Gasteiger partial charge in [0.25, 0.3) is 0 Å². The smallest absolute Gasteiger partial charge is 0.0876 e. The minimum Gasteiger partial charge on any atom is -0.502 e. The molecule has 2 heteroatoms. The van der Waals surface area contributed by atoms with Gasteiger partial charge in [-0.25, -0.2) is 0 Å². The van der Waals surface area contributed by atoms with Gasteiger partial charge < -0.3 is 10.5 Å². The minimum absolute atomic E-state index is 0.0279. The molecule has 1 unspecified atom stereocenters. The van der Waals surface area contributed by atoms with E-state index in [0.717, 1.165) is 6.61 Å². The molecule has 0 bridgehead atoms. The number of rotatable bonds is 2. The largest absolute Gasteiger partial charge is 0.502 e.